The van der Waals surface area contributed by atoms with Crippen LogP contribution in [0.1, 0.15) is 23.7 Å². The van der Waals surface area contributed by atoms with E-state index in [9.17, 15) is 4.79 Å². The summed E-state index contributed by atoms with van der Waals surface area (Å²) in [5.41, 5.74) is 1.61. The zero-order chi connectivity index (χ0) is 15.9. The number of amides is 1. The van der Waals surface area contributed by atoms with Crippen LogP contribution in [-0.4, -0.2) is 52.1 Å². The lowest BCUT2D eigenvalue weighted by Gasteiger charge is -2.47. The molecule has 23 heavy (non-hydrogen) atoms. The first-order valence-corrected chi connectivity index (χ1v) is 9.07. The first-order chi connectivity index (χ1) is 11.2. The number of para-hydroxylation sites is 1. The van der Waals surface area contributed by atoms with Gasteiger partial charge in [0.1, 0.15) is 0 Å². The predicted molar refractivity (Wildman–Crippen MR) is 92.9 cm³/mol. The molecule has 1 unspecified atom stereocenters. The van der Waals surface area contributed by atoms with Gasteiger partial charge in [0.25, 0.3) is 5.91 Å². The Morgan fingerprint density at radius 2 is 2.26 bits per heavy atom. The maximum absolute atomic E-state index is 12.7. The summed E-state index contributed by atoms with van der Waals surface area (Å²) in [5, 5.41) is 1.01. The van der Waals surface area contributed by atoms with Gasteiger partial charge in [-0.15, -0.1) is 11.8 Å². The van der Waals surface area contributed by atoms with Gasteiger partial charge in [-0.1, -0.05) is 18.2 Å². The number of nitrogens with zero attached hydrogens (tertiary/aromatic N) is 2. The zero-order valence-corrected chi connectivity index (χ0v) is 14.0. The van der Waals surface area contributed by atoms with Gasteiger partial charge < -0.3 is 9.64 Å². The Bertz CT molecular complexity index is 743. The number of carbonyl (C=O) groups is 1. The van der Waals surface area contributed by atoms with E-state index < -0.39 is 0 Å². The first kappa shape index (κ1) is 15.0. The molecule has 120 valence electrons. The molecule has 0 aliphatic carbocycles. The third-order valence-electron chi connectivity index (χ3n) is 4.66. The number of ether oxygens (including phenoxy) is 1. The molecule has 1 aromatic heterocycles. The summed E-state index contributed by atoms with van der Waals surface area (Å²) in [7, 11) is 0. The Labute approximate surface area is 140 Å². The van der Waals surface area contributed by atoms with Crippen molar-refractivity contribution in [3.8, 4) is 0 Å². The molecule has 2 aliphatic heterocycles. The van der Waals surface area contributed by atoms with Gasteiger partial charge in [-0.25, -0.2) is 0 Å². The lowest BCUT2D eigenvalue weighted by Crippen LogP contribution is -2.60. The monoisotopic (exact) mass is 328 g/mol. The Hall–Kier alpha value is -1.59. The van der Waals surface area contributed by atoms with E-state index in [0.29, 0.717) is 11.7 Å². The summed E-state index contributed by atoms with van der Waals surface area (Å²) in [5.74, 6) is 1.14. The molecule has 3 heterocycles. The molecule has 0 saturated carbocycles. The summed E-state index contributed by atoms with van der Waals surface area (Å²) >= 11 is 1.96. The van der Waals surface area contributed by atoms with Crippen molar-refractivity contribution in [3.05, 3.63) is 42.1 Å². The number of hydrogen-bond acceptors (Lipinski definition) is 4. The second-order valence-corrected chi connectivity index (χ2v) is 7.84. The van der Waals surface area contributed by atoms with Gasteiger partial charge >= 0.3 is 0 Å². The molecule has 5 heteroatoms. The third kappa shape index (κ3) is 2.72. The molecule has 1 amide bonds. The second-order valence-electron chi connectivity index (χ2n) is 6.35. The molecule has 4 rings (SSSR count). The van der Waals surface area contributed by atoms with Crippen molar-refractivity contribution in [2.75, 3.05) is 25.4 Å². The van der Waals surface area contributed by atoms with Crippen molar-refractivity contribution in [2.45, 2.75) is 24.2 Å². The number of fused-ring (bicyclic) bond motifs is 1. The van der Waals surface area contributed by atoms with Crippen molar-refractivity contribution in [2.24, 2.45) is 0 Å². The van der Waals surface area contributed by atoms with Crippen LogP contribution in [0.15, 0.2) is 36.5 Å². The number of likely N-dealkylation sites (tertiary alicyclic amines) is 1. The molecule has 2 saturated heterocycles. The molecule has 2 aliphatic rings. The lowest BCUT2D eigenvalue weighted by atomic mass is 9.92. The highest BCUT2D eigenvalue weighted by Crippen LogP contribution is 2.46. The minimum Gasteiger partial charge on any atom is -0.378 e. The smallest absolute Gasteiger partial charge is 0.255 e. The van der Waals surface area contributed by atoms with E-state index in [1.54, 1.807) is 6.20 Å². The lowest BCUT2D eigenvalue weighted by molar-refractivity contribution is 0.0359. The Kier molecular flexibility index (Phi) is 3.77. The fraction of sp³-hybridized carbons (Fsp3) is 0.444. The van der Waals surface area contributed by atoms with Gasteiger partial charge in [0.15, 0.2) is 0 Å². The number of thioether (sulfide) groups is 1. The van der Waals surface area contributed by atoms with Crippen molar-refractivity contribution < 1.29 is 9.53 Å². The average Bonchev–Trinajstić information content (AvgIpc) is 2.97. The quantitative estimate of drug-likeness (QED) is 0.869. The van der Waals surface area contributed by atoms with Crippen LogP contribution in [0.25, 0.3) is 10.9 Å². The van der Waals surface area contributed by atoms with Crippen molar-refractivity contribution in [1.82, 2.24) is 9.88 Å². The topological polar surface area (TPSA) is 42.4 Å². The van der Waals surface area contributed by atoms with Crippen molar-refractivity contribution in [3.63, 3.8) is 0 Å². The van der Waals surface area contributed by atoms with Crippen LogP contribution in [0.2, 0.25) is 0 Å². The molecule has 1 spiro atoms. The number of pyridine rings is 1. The fourth-order valence-electron chi connectivity index (χ4n) is 3.53. The Balaban J connectivity index is 1.44. The molecule has 2 aromatic rings. The minimum absolute atomic E-state index is 0.0920. The third-order valence-corrected chi connectivity index (χ3v) is 6.24. The number of aromatic nitrogens is 1. The first-order valence-electron chi connectivity index (χ1n) is 8.09. The Morgan fingerprint density at radius 3 is 3.09 bits per heavy atom. The molecule has 4 nitrogen and oxygen atoms in total. The van der Waals surface area contributed by atoms with Gasteiger partial charge in [0.2, 0.25) is 0 Å². The second kappa shape index (κ2) is 5.80. The molecule has 0 bridgehead atoms. The molecular formula is C18H20N2O2S. The molecule has 0 radical (unpaired) electrons. The van der Waals surface area contributed by atoms with E-state index in [1.807, 2.05) is 53.9 Å². The summed E-state index contributed by atoms with van der Waals surface area (Å²) in [6, 6.07) is 9.84. The van der Waals surface area contributed by atoms with Crippen molar-refractivity contribution >= 4 is 28.6 Å². The largest absolute Gasteiger partial charge is 0.378 e. The van der Waals surface area contributed by atoms with Crippen LogP contribution in [0, 0.1) is 0 Å². The summed E-state index contributed by atoms with van der Waals surface area (Å²) < 4.78 is 5.95. The van der Waals surface area contributed by atoms with Crippen LogP contribution < -0.4 is 0 Å². The summed E-state index contributed by atoms with van der Waals surface area (Å²) in [4.78, 5) is 19.0. The maximum Gasteiger partial charge on any atom is 0.255 e. The van der Waals surface area contributed by atoms with E-state index in [4.69, 9.17) is 4.74 Å². The minimum atomic E-state index is 0.0920. The van der Waals surface area contributed by atoms with Crippen LogP contribution in [-0.2, 0) is 4.74 Å². The maximum atomic E-state index is 12.7. The zero-order valence-electron chi connectivity index (χ0n) is 13.2. The number of carbonyl (C=O) groups excluding carboxylic acids is 1. The van der Waals surface area contributed by atoms with Crippen LogP contribution in [0.4, 0.5) is 0 Å². The summed E-state index contributed by atoms with van der Waals surface area (Å²) in [6.07, 6.45) is 3.11. The highest BCUT2D eigenvalue weighted by atomic mass is 32.2. The van der Waals surface area contributed by atoms with Gasteiger partial charge in [-0.05, 0) is 25.5 Å². The standard InChI is InChI=1S/C18H20N2O2S/c1-2-22-15-8-18(23-10-15)11-20(12-18)17(21)14-7-13-5-3-4-6-16(13)19-9-14/h3-7,9,15H,2,8,10-12H2,1H3. The highest BCUT2D eigenvalue weighted by Gasteiger charge is 2.50. The van der Waals surface area contributed by atoms with E-state index in [-0.39, 0.29) is 10.7 Å². The van der Waals surface area contributed by atoms with E-state index in [2.05, 4.69) is 4.98 Å². The average molecular weight is 328 g/mol. The Morgan fingerprint density at radius 1 is 1.43 bits per heavy atom. The van der Waals surface area contributed by atoms with E-state index >= 15 is 0 Å². The number of hydrogen-bond donors (Lipinski definition) is 0. The molecule has 1 atom stereocenters. The molecule has 1 aromatic carbocycles. The molecule has 2 fully saturated rings. The number of rotatable bonds is 3. The van der Waals surface area contributed by atoms with Crippen LogP contribution in [0.3, 0.4) is 0 Å². The molecular weight excluding hydrogens is 308 g/mol. The van der Waals surface area contributed by atoms with E-state index in [0.717, 1.165) is 42.8 Å². The SMILES string of the molecule is CCOC1CSC2(C1)CN(C(=O)c1cnc3ccccc3c1)C2. The van der Waals surface area contributed by atoms with Gasteiger partial charge in [0, 0.05) is 37.0 Å². The predicted octanol–water partition coefficient (Wildman–Crippen LogP) is 2.97. The van der Waals surface area contributed by atoms with Gasteiger partial charge in [0.05, 0.1) is 21.9 Å². The van der Waals surface area contributed by atoms with Crippen LogP contribution in [0.5, 0.6) is 0 Å². The molecule has 0 N–H and O–H groups in total. The highest BCUT2D eigenvalue weighted by molar-refractivity contribution is 8.01. The van der Waals surface area contributed by atoms with Gasteiger partial charge in [-0.2, -0.15) is 0 Å². The number of benzene rings is 1. The summed E-state index contributed by atoms with van der Waals surface area (Å²) in [6.45, 7) is 4.46. The van der Waals surface area contributed by atoms with Gasteiger partial charge in [-0.3, -0.25) is 9.78 Å². The van der Waals surface area contributed by atoms with Crippen molar-refractivity contribution in [1.29, 1.82) is 0 Å². The van der Waals surface area contributed by atoms with E-state index in [1.165, 1.54) is 0 Å². The normalized spacial score (nSPS) is 22.5. The van der Waals surface area contributed by atoms with Crippen LogP contribution >= 0.6 is 11.8 Å². The fourth-order valence-corrected chi connectivity index (χ4v) is 5.08.